The molecule has 2 heterocycles. The van der Waals surface area contributed by atoms with Crippen LogP contribution in [0.25, 0.3) is 0 Å². The second kappa shape index (κ2) is 7.49. The second-order valence-electron chi connectivity index (χ2n) is 6.04. The molecule has 1 aromatic carbocycles. The van der Waals surface area contributed by atoms with E-state index in [0.717, 1.165) is 36.5 Å². The molecule has 6 nitrogen and oxygen atoms in total. The summed E-state index contributed by atoms with van der Waals surface area (Å²) in [5.41, 5.74) is 0.981. The van der Waals surface area contributed by atoms with Crippen molar-refractivity contribution in [3.8, 4) is 5.75 Å². The van der Waals surface area contributed by atoms with Crippen molar-refractivity contribution in [3.05, 3.63) is 48.0 Å². The van der Waals surface area contributed by atoms with Crippen molar-refractivity contribution in [2.24, 2.45) is 0 Å². The van der Waals surface area contributed by atoms with Gasteiger partial charge in [-0.15, -0.1) is 0 Å². The molecule has 1 aliphatic rings. The SMILES string of the molecule is COc1cccc(COC(C)C(=O)NC2CCc3nccn3C2)c1. The molecule has 2 unspecified atom stereocenters. The van der Waals surface area contributed by atoms with E-state index in [0.29, 0.717) is 6.61 Å². The van der Waals surface area contributed by atoms with Crippen LogP contribution in [-0.4, -0.2) is 34.7 Å². The van der Waals surface area contributed by atoms with Gasteiger partial charge in [-0.05, 0) is 31.0 Å². The number of methoxy groups -OCH3 is 1. The molecule has 3 rings (SSSR count). The highest BCUT2D eigenvalue weighted by Crippen LogP contribution is 2.15. The van der Waals surface area contributed by atoms with Crippen LogP contribution in [0.15, 0.2) is 36.7 Å². The lowest BCUT2D eigenvalue weighted by Gasteiger charge is -2.26. The molecule has 1 aromatic heterocycles. The van der Waals surface area contributed by atoms with Crippen LogP contribution in [0.4, 0.5) is 0 Å². The van der Waals surface area contributed by atoms with E-state index in [-0.39, 0.29) is 11.9 Å². The number of aromatic nitrogens is 2. The van der Waals surface area contributed by atoms with Gasteiger partial charge in [-0.3, -0.25) is 4.79 Å². The number of aryl methyl sites for hydroxylation is 1. The van der Waals surface area contributed by atoms with E-state index in [4.69, 9.17) is 9.47 Å². The fourth-order valence-electron chi connectivity index (χ4n) is 2.86. The first kappa shape index (κ1) is 16.5. The van der Waals surface area contributed by atoms with E-state index in [2.05, 4.69) is 14.9 Å². The molecule has 2 atom stereocenters. The van der Waals surface area contributed by atoms with Gasteiger partial charge in [0, 0.05) is 31.4 Å². The highest BCUT2D eigenvalue weighted by Gasteiger charge is 2.22. The minimum absolute atomic E-state index is 0.0774. The Labute approximate surface area is 141 Å². The fourth-order valence-corrected chi connectivity index (χ4v) is 2.86. The maximum atomic E-state index is 12.3. The number of nitrogens with one attached hydrogen (secondary N) is 1. The van der Waals surface area contributed by atoms with E-state index in [9.17, 15) is 4.79 Å². The number of carbonyl (C=O) groups is 1. The van der Waals surface area contributed by atoms with Gasteiger partial charge in [-0.2, -0.15) is 0 Å². The summed E-state index contributed by atoms with van der Waals surface area (Å²) in [6.07, 6.45) is 5.05. The molecule has 0 radical (unpaired) electrons. The van der Waals surface area contributed by atoms with Crippen molar-refractivity contribution >= 4 is 5.91 Å². The van der Waals surface area contributed by atoms with Crippen molar-refractivity contribution in [1.82, 2.24) is 14.9 Å². The molecule has 0 saturated carbocycles. The Bertz CT molecular complexity index is 698. The highest BCUT2D eigenvalue weighted by atomic mass is 16.5. The maximum absolute atomic E-state index is 12.3. The number of amides is 1. The number of hydrogen-bond acceptors (Lipinski definition) is 4. The molecule has 6 heteroatoms. The first-order valence-corrected chi connectivity index (χ1v) is 8.20. The summed E-state index contributed by atoms with van der Waals surface area (Å²) in [5, 5.41) is 3.07. The van der Waals surface area contributed by atoms with E-state index < -0.39 is 6.10 Å². The predicted molar refractivity (Wildman–Crippen MR) is 89.7 cm³/mol. The second-order valence-corrected chi connectivity index (χ2v) is 6.04. The first-order valence-electron chi connectivity index (χ1n) is 8.20. The number of imidazole rings is 1. The molecule has 0 aliphatic carbocycles. The number of fused-ring (bicyclic) bond motifs is 1. The average molecular weight is 329 g/mol. The summed E-state index contributed by atoms with van der Waals surface area (Å²) in [7, 11) is 1.63. The summed E-state index contributed by atoms with van der Waals surface area (Å²) < 4.78 is 13.0. The number of nitrogens with zero attached hydrogens (tertiary/aromatic N) is 2. The van der Waals surface area contributed by atoms with Crippen LogP contribution < -0.4 is 10.1 Å². The average Bonchev–Trinajstić information content (AvgIpc) is 3.07. The Balaban J connectivity index is 1.48. The molecule has 1 amide bonds. The molecule has 0 saturated heterocycles. The molecular formula is C18H23N3O3. The van der Waals surface area contributed by atoms with Gasteiger partial charge in [0.05, 0.1) is 13.7 Å². The molecule has 24 heavy (non-hydrogen) atoms. The van der Waals surface area contributed by atoms with Crippen LogP contribution >= 0.6 is 0 Å². The van der Waals surface area contributed by atoms with Gasteiger partial charge in [0.25, 0.3) is 0 Å². The maximum Gasteiger partial charge on any atom is 0.249 e. The van der Waals surface area contributed by atoms with E-state index in [1.165, 1.54) is 0 Å². The normalized spacial score (nSPS) is 17.8. The number of hydrogen-bond donors (Lipinski definition) is 1. The Morgan fingerprint density at radius 1 is 1.50 bits per heavy atom. The molecule has 128 valence electrons. The fraction of sp³-hybridized carbons (Fsp3) is 0.444. The largest absolute Gasteiger partial charge is 0.497 e. The zero-order chi connectivity index (χ0) is 16.9. The topological polar surface area (TPSA) is 65.4 Å². The third-order valence-electron chi connectivity index (χ3n) is 4.28. The minimum atomic E-state index is -0.500. The lowest BCUT2D eigenvalue weighted by atomic mass is 10.1. The zero-order valence-electron chi connectivity index (χ0n) is 14.1. The van der Waals surface area contributed by atoms with Crippen LogP contribution in [-0.2, 0) is 29.1 Å². The molecule has 0 fully saturated rings. The highest BCUT2D eigenvalue weighted by molar-refractivity contribution is 5.80. The van der Waals surface area contributed by atoms with Crippen molar-refractivity contribution in [2.75, 3.05) is 7.11 Å². The van der Waals surface area contributed by atoms with Crippen molar-refractivity contribution in [3.63, 3.8) is 0 Å². The van der Waals surface area contributed by atoms with Gasteiger partial charge in [0.15, 0.2) is 0 Å². The molecule has 2 aromatic rings. The lowest BCUT2D eigenvalue weighted by Crippen LogP contribution is -2.45. The summed E-state index contributed by atoms with van der Waals surface area (Å²) in [6, 6.07) is 7.78. The monoisotopic (exact) mass is 329 g/mol. The summed E-state index contributed by atoms with van der Waals surface area (Å²) in [6.45, 7) is 2.92. The Morgan fingerprint density at radius 3 is 3.21 bits per heavy atom. The van der Waals surface area contributed by atoms with Crippen LogP contribution in [0, 0.1) is 0 Å². The Kier molecular flexibility index (Phi) is 5.15. The van der Waals surface area contributed by atoms with Crippen LogP contribution in [0.5, 0.6) is 5.75 Å². The third-order valence-corrected chi connectivity index (χ3v) is 4.28. The summed E-state index contributed by atoms with van der Waals surface area (Å²) in [5.74, 6) is 1.79. The zero-order valence-corrected chi connectivity index (χ0v) is 14.1. The minimum Gasteiger partial charge on any atom is -0.497 e. The van der Waals surface area contributed by atoms with Crippen molar-refractivity contribution < 1.29 is 14.3 Å². The van der Waals surface area contributed by atoms with Gasteiger partial charge >= 0.3 is 0 Å². The Morgan fingerprint density at radius 2 is 2.38 bits per heavy atom. The molecule has 0 spiro atoms. The number of rotatable bonds is 6. The van der Waals surface area contributed by atoms with E-state index in [1.807, 2.05) is 30.5 Å². The lowest BCUT2D eigenvalue weighted by molar-refractivity contribution is -0.133. The number of ether oxygens (including phenoxy) is 2. The van der Waals surface area contributed by atoms with E-state index >= 15 is 0 Å². The van der Waals surface area contributed by atoms with Gasteiger partial charge in [-0.25, -0.2) is 4.98 Å². The number of benzene rings is 1. The first-order chi connectivity index (χ1) is 11.7. The van der Waals surface area contributed by atoms with Crippen LogP contribution in [0.1, 0.15) is 24.7 Å². The van der Waals surface area contributed by atoms with Crippen LogP contribution in [0.2, 0.25) is 0 Å². The summed E-state index contributed by atoms with van der Waals surface area (Å²) >= 11 is 0. The smallest absolute Gasteiger partial charge is 0.249 e. The molecular weight excluding hydrogens is 306 g/mol. The summed E-state index contributed by atoms with van der Waals surface area (Å²) in [4.78, 5) is 16.6. The molecule has 0 bridgehead atoms. The molecule has 1 aliphatic heterocycles. The van der Waals surface area contributed by atoms with Crippen molar-refractivity contribution in [2.45, 2.75) is 45.1 Å². The quantitative estimate of drug-likeness (QED) is 0.879. The standard InChI is InChI=1S/C18H23N3O3/c1-13(24-12-14-4-3-5-16(10-14)23-2)18(22)20-15-6-7-17-19-8-9-21(17)11-15/h3-5,8-10,13,15H,6-7,11-12H2,1-2H3,(H,20,22). The van der Waals surface area contributed by atoms with Gasteiger partial charge in [0.2, 0.25) is 5.91 Å². The predicted octanol–water partition coefficient (Wildman–Crippen LogP) is 1.93. The number of carbonyl (C=O) groups excluding carboxylic acids is 1. The molecule has 1 N–H and O–H groups in total. The van der Waals surface area contributed by atoms with Crippen LogP contribution in [0.3, 0.4) is 0 Å². The van der Waals surface area contributed by atoms with E-state index in [1.54, 1.807) is 20.2 Å². The van der Waals surface area contributed by atoms with Gasteiger partial charge in [-0.1, -0.05) is 12.1 Å². The van der Waals surface area contributed by atoms with Gasteiger partial charge in [0.1, 0.15) is 17.7 Å². The van der Waals surface area contributed by atoms with Crippen molar-refractivity contribution in [1.29, 1.82) is 0 Å². The Hall–Kier alpha value is -2.34. The third kappa shape index (κ3) is 3.94. The van der Waals surface area contributed by atoms with Gasteiger partial charge < -0.3 is 19.4 Å².